The molecule has 0 aliphatic carbocycles. The van der Waals surface area contributed by atoms with Gasteiger partial charge in [0.25, 0.3) is 0 Å². The largest absolute Gasteiger partial charge is 0.489 e. The molecule has 0 fully saturated rings. The predicted molar refractivity (Wildman–Crippen MR) is 87.6 cm³/mol. The third kappa shape index (κ3) is 3.27. The Morgan fingerprint density at radius 1 is 1.00 bits per heavy atom. The standard InChI is InChI=1S/C19H21NO/c1-2-3-12-20-13-11-17-14-18(9-10-19(17)20)21-15-16-7-5-4-6-8-16/h4-11,13-14H,2-3,12,15H2,1H3. The summed E-state index contributed by atoms with van der Waals surface area (Å²) in [6.07, 6.45) is 4.61. The zero-order valence-corrected chi connectivity index (χ0v) is 12.5. The second-order valence-corrected chi connectivity index (χ2v) is 5.36. The SMILES string of the molecule is CCCCn1ccc2cc(OCc3ccccc3)ccc21. The number of benzene rings is 2. The molecule has 0 spiro atoms. The van der Waals surface area contributed by atoms with Gasteiger partial charge in [-0.25, -0.2) is 0 Å². The Balaban J connectivity index is 1.72. The molecular formula is C19H21NO. The normalized spacial score (nSPS) is 10.9. The van der Waals surface area contributed by atoms with E-state index in [-0.39, 0.29) is 0 Å². The smallest absolute Gasteiger partial charge is 0.120 e. The fourth-order valence-electron chi connectivity index (χ4n) is 2.53. The molecule has 0 aliphatic heterocycles. The maximum Gasteiger partial charge on any atom is 0.120 e. The first-order valence-electron chi connectivity index (χ1n) is 7.62. The summed E-state index contributed by atoms with van der Waals surface area (Å²) in [4.78, 5) is 0. The average Bonchev–Trinajstić information content (AvgIpc) is 2.94. The van der Waals surface area contributed by atoms with Gasteiger partial charge in [0.2, 0.25) is 0 Å². The van der Waals surface area contributed by atoms with E-state index in [1.165, 1.54) is 29.3 Å². The summed E-state index contributed by atoms with van der Waals surface area (Å²) in [5.41, 5.74) is 2.48. The maximum absolute atomic E-state index is 5.88. The van der Waals surface area contributed by atoms with Crippen LogP contribution in [-0.2, 0) is 13.2 Å². The van der Waals surface area contributed by atoms with Crippen molar-refractivity contribution in [2.24, 2.45) is 0 Å². The van der Waals surface area contributed by atoms with Crippen LogP contribution < -0.4 is 4.74 Å². The average molecular weight is 279 g/mol. The van der Waals surface area contributed by atoms with E-state index >= 15 is 0 Å². The third-order valence-corrected chi connectivity index (χ3v) is 3.74. The number of fused-ring (bicyclic) bond motifs is 1. The lowest BCUT2D eigenvalue weighted by molar-refractivity contribution is 0.306. The van der Waals surface area contributed by atoms with Gasteiger partial charge in [0, 0.05) is 23.6 Å². The Hall–Kier alpha value is -2.22. The van der Waals surface area contributed by atoms with Crippen molar-refractivity contribution in [1.29, 1.82) is 0 Å². The van der Waals surface area contributed by atoms with E-state index < -0.39 is 0 Å². The van der Waals surface area contributed by atoms with Gasteiger partial charge in [-0.15, -0.1) is 0 Å². The molecule has 108 valence electrons. The number of ether oxygens (including phenoxy) is 1. The summed E-state index contributed by atoms with van der Waals surface area (Å²) in [6, 6.07) is 18.8. The van der Waals surface area contributed by atoms with E-state index in [1.807, 2.05) is 18.2 Å². The molecule has 0 bridgehead atoms. The van der Waals surface area contributed by atoms with E-state index in [9.17, 15) is 0 Å². The van der Waals surface area contributed by atoms with Gasteiger partial charge < -0.3 is 9.30 Å². The van der Waals surface area contributed by atoms with Crippen molar-refractivity contribution in [3.05, 3.63) is 66.4 Å². The Labute approximate surface area is 126 Å². The third-order valence-electron chi connectivity index (χ3n) is 3.74. The minimum atomic E-state index is 0.614. The first kappa shape index (κ1) is 13.7. The molecule has 0 saturated carbocycles. The van der Waals surface area contributed by atoms with Crippen LogP contribution in [0.3, 0.4) is 0 Å². The summed E-state index contributed by atoms with van der Waals surface area (Å²) < 4.78 is 8.20. The lowest BCUT2D eigenvalue weighted by Gasteiger charge is -2.08. The number of hydrogen-bond donors (Lipinski definition) is 0. The van der Waals surface area contributed by atoms with Crippen LogP contribution in [0.5, 0.6) is 5.75 Å². The van der Waals surface area contributed by atoms with Crippen LogP contribution >= 0.6 is 0 Å². The highest BCUT2D eigenvalue weighted by Gasteiger charge is 2.03. The van der Waals surface area contributed by atoms with Crippen LogP contribution in [0.1, 0.15) is 25.3 Å². The van der Waals surface area contributed by atoms with Crippen molar-refractivity contribution in [2.75, 3.05) is 0 Å². The molecule has 3 rings (SSSR count). The van der Waals surface area contributed by atoms with Crippen molar-refractivity contribution in [3.63, 3.8) is 0 Å². The fraction of sp³-hybridized carbons (Fsp3) is 0.263. The topological polar surface area (TPSA) is 14.2 Å². The molecule has 0 aliphatic rings. The molecule has 2 heteroatoms. The minimum Gasteiger partial charge on any atom is -0.489 e. The zero-order chi connectivity index (χ0) is 14.5. The van der Waals surface area contributed by atoms with Gasteiger partial charge in [-0.2, -0.15) is 0 Å². The van der Waals surface area contributed by atoms with Crippen LogP contribution in [0, 0.1) is 0 Å². The molecule has 0 saturated heterocycles. The Bertz CT molecular complexity index is 700. The lowest BCUT2D eigenvalue weighted by atomic mass is 10.2. The molecule has 0 atom stereocenters. The van der Waals surface area contributed by atoms with E-state index in [4.69, 9.17) is 4.74 Å². The molecule has 0 radical (unpaired) electrons. The molecule has 0 unspecified atom stereocenters. The molecule has 1 heterocycles. The number of rotatable bonds is 6. The van der Waals surface area contributed by atoms with Crippen LogP contribution in [-0.4, -0.2) is 4.57 Å². The van der Waals surface area contributed by atoms with Crippen LogP contribution in [0.15, 0.2) is 60.8 Å². The molecule has 1 aromatic heterocycles. The van der Waals surface area contributed by atoms with Gasteiger partial charge in [0.15, 0.2) is 0 Å². The summed E-state index contributed by atoms with van der Waals surface area (Å²) in [7, 11) is 0. The Morgan fingerprint density at radius 2 is 1.86 bits per heavy atom. The number of aromatic nitrogens is 1. The van der Waals surface area contributed by atoms with Crippen molar-refractivity contribution in [3.8, 4) is 5.75 Å². The first-order chi connectivity index (χ1) is 10.4. The van der Waals surface area contributed by atoms with Gasteiger partial charge in [-0.1, -0.05) is 43.7 Å². The van der Waals surface area contributed by atoms with Crippen LogP contribution in [0.25, 0.3) is 10.9 Å². The quantitative estimate of drug-likeness (QED) is 0.618. The molecular weight excluding hydrogens is 258 g/mol. The highest BCUT2D eigenvalue weighted by atomic mass is 16.5. The summed E-state index contributed by atoms with van der Waals surface area (Å²) in [5.74, 6) is 0.930. The second-order valence-electron chi connectivity index (χ2n) is 5.36. The van der Waals surface area contributed by atoms with Gasteiger partial charge in [-0.3, -0.25) is 0 Å². The highest BCUT2D eigenvalue weighted by Crippen LogP contribution is 2.23. The molecule has 2 nitrogen and oxygen atoms in total. The van der Waals surface area contributed by atoms with Crippen molar-refractivity contribution < 1.29 is 4.74 Å². The second kappa shape index (κ2) is 6.49. The number of unbranched alkanes of at least 4 members (excludes halogenated alkanes) is 1. The maximum atomic E-state index is 5.88. The van der Waals surface area contributed by atoms with Gasteiger partial charge in [0.05, 0.1) is 0 Å². The van der Waals surface area contributed by atoms with E-state index in [1.54, 1.807) is 0 Å². The fourth-order valence-corrected chi connectivity index (χ4v) is 2.53. The molecule has 0 amide bonds. The summed E-state index contributed by atoms with van der Waals surface area (Å²) >= 11 is 0. The lowest BCUT2D eigenvalue weighted by Crippen LogP contribution is -1.96. The molecule has 0 N–H and O–H groups in total. The Kier molecular flexibility index (Phi) is 4.25. The number of aryl methyl sites for hydroxylation is 1. The summed E-state index contributed by atoms with van der Waals surface area (Å²) in [5, 5.41) is 1.25. The van der Waals surface area contributed by atoms with Crippen molar-refractivity contribution in [2.45, 2.75) is 32.9 Å². The van der Waals surface area contributed by atoms with Crippen LogP contribution in [0.2, 0.25) is 0 Å². The van der Waals surface area contributed by atoms with E-state index in [0.717, 1.165) is 12.3 Å². The van der Waals surface area contributed by atoms with E-state index in [2.05, 4.69) is 54.1 Å². The number of nitrogens with zero attached hydrogens (tertiary/aromatic N) is 1. The molecule has 2 aromatic carbocycles. The van der Waals surface area contributed by atoms with Gasteiger partial charge in [0.1, 0.15) is 12.4 Å². The van der Waals surface area contributed by atoms with Crippen molar-refractivity contribution >= 4 is 10.9 Å². The van der Waals surface area contributed by atoms with Crippen LogP contribution in [0.4, 0.5) is 0 Å². The molecule has 3 aromatic rings. The minimum absolute atomic E-state index is 0.614. The zero-order valence-electron chi connectivity index (χ0n) is 12.5. The van der Waals surface area contributed by atoms with Crippen molar-refractivity contribution in [1.82, 2.24) is 4.57 Å². The number of hydrogen-bond acceptors (Lipinski definition) is 1. The molecule has 21 heavy (non-hydrogen) atoms. The van der Waals surface area contributed by atoms with Gasteiger partial charge in [-0.05, 0) is 36.2 Å². The first-order valence-corrected chi connectivity index (χ1v) is 7.62. The predicted octanol–water partition coefficient (Wildman–Crippen LogP) is 5.02. The Morgan fingerprint density at radius 3 is 2.67 bits per heavy atom. The summed E-state index contributed by atoms with van der Waals surface area (Å²) in [6.45, 7) is 3.92. The monoisotopic (exact) mass is 279 g/mol. The van der Waals surface area contributed by atoms with Gasteiger partial charge >= 0.3 is 0 Å². The highest BCUT2D eigenvalue weighted by molar-refractivity contribution is 5.81. The van der Waals surface area contributed by atoms with E-state index in [0.29, 0.717) is 6.61 Å².